The number of carbonyl (C=O) groups is 1. The molecule has 0 aliphatic rings. The zero-order valence-electron chi connectivity index (χ0n) is 17.6. The number of hydrazone groups is 1. The molecule has 1 heterocycles. The van der Waals surface area contributed by atoms with E-state index in [1.807, 2.05) is 37.3 Å². The molecule has 0 spiro atoms. The van der Waals surface area contributed by atoms with Crippen molar-refractivity contribution in [2.75, 3.05) is 5.75 Å². The van der Waals surface area contributed by atoms with Gasteiger partial charge in [0.05, 0.1) is 28.6 Å². The highest BCUT2D eigenvalue weighted by atomic mass is 32.2. The Morgan fingerprint density at radius 2 is 1.88 bits per heavy atom. The van der Waals surface area contributed by atoms with E-state index in [9.17, 15) is 19.8 Å². The summed E-state index contributed by atoms with van der Waals surface area (Å²) < 4.78 is 1.52. The number of hydrogen-bond acceptors (Lipinski definition) is 7. The molecule has 3 aromatic carbocycles. The van der Waals surface area contributed by atoms with Crippen molar-refractivity contribution in [3.63, 3.8) is 0 Å². The third-order valence-corrected chi connectivity index (χ3v) is 5.78. The van der Waals surface area contributed by atoms with E-state index in [2.05, 4.69) is 15.5 Å². The van der Waals surface area contributed by atoms with Gasteiger partial charge in [-0.3, -0.25) is 14.2 Å². The first kappa shape index (κ1) is 22.1. The van der Waals surface area contributed by atoms with Gasteiger partial charge in [0.25, 0.3) is 11.5 Å². The number of aromatic hydroxyl groups is 2. The highest BCUT2D eigenvalue weighted by Gasteiger charge is 2.15. The van der Waals surface area contributed by atoms with Crippen molar-refractivity contribution >= 4 is 34.8 Å². The number of hydrogen-bond donors (Lipinski definition) is 3. The number of thioether (sulfide) groups is 1. The van der Waals surface area contributed by atoms with Crippen molar-refractivity contribution in [3.05, 3.63) is 88.2 Å². The number of aromatic nitrogens is 2. The lowest BCUT2D eigenvalue weighted by atomic mass is 10.2. The fourth-order valence-corrected chi connectivity index (χ4v) is 4.01. The van der Waals surface area contributed by atoms with E-state index in [0.717, 1.165) is 17.3 Å². The Balaban J connectivity index is 1.57. The molecular formula is C24H20N4O4S. The normalized spacial score (nSPS) is 11.2. The molecule has 0 saturated heterocycles. The van der Waals surface area contributed by atoms with Gasteiger partial charge >= 0.3 is 0 Å². The number of fused-ring (bicyclic) bond motifs is 1. The number of carbonyl (C=O) groups excluding carboxylic acids is 1. The van der Waals surface area contributed by atoms with Gasteiger partial charge in [-0.15, -0.1) is 0 Å². The molecule has 0 saturated carbocycles. The third kappa shape index (κ3) is 4.88. The van der Waals surface area contributed by atoms with Gasteiger partial charge in [-0.2, -0.15) is 5.10 Å². The molecule has 0 aliphatic heterocycles. The first-order valence-electron chi connectivity index (χ1n) is 9.98. The predicted octanol–water partition coefficient (Wildman–Crippen LogP) is 3.35. The lowest BCUT2D eigenvalue weighted by Gasteiger charge is -2.14. The summed E-state index contributed by atoms with van der Waals surface area (Å²) in [5.41, 5.74) is 4.67. The van der Waals surface area contributed by atoms with Crippen LogP contribution in [-0.2, 0) is 4.79 Å². The maximum atomic E-state index is 13.3. The summed E-state index contributed by atoms with van der Waals surface area (Å²) in [5.74, 6) is -0.679. The van der Waals surface area contributed by atoms with Gasteiger partial charge < -0.3 is 10.2 Å². The lowest BCUT2D eigenvalue weighted by Crippen LogP contribution is -2.24. The van der Waals surface area contributed by atoms with Crippen molar-refractivity contribution in [2.24, 2.45) is 5.10 Å². The molecule has 0 bridgehead atoms. The Bertz CT molecular complexity index is 1430. The summed E-state index contributed by atoms with van der Waals surface area (Å²) in [4.78, 5) is 30.2. The number of nitrogens with one attached hydrogen (secondary N) is 1. The van der Waals surface area contributed by atoms with Crippen molar-refractivity contribution < 1.29 is 15.0 Å². The second kappa shape index (κ2) is 9.58. The molecule has 1 amide bonds. The molecule has 0 radical (unpaired) electrons. The molecule has 0 atom stereocenters. The van der Waals surface area contributed by atoms with Crippen LogP contribution >= 0.6 is 11.8 Å². The van der Waals surface area contributed by atoms with E-state index in [1.165, 1.54) is 29.0 Å². The Morgan fingerprint density at radius 1 is 1.12 bits per heavy atom. The second-order valence-electron chi connectivity index (χ2n) is 7.16. The van der Waals surface area contributed by atoms with Crippen LogP contribution in [0.2, 0.25) is 0 Å². The molecule has 33 heavy (non-hydrogen) atoms. The minimum Gasteiger partial charge on any atom is -0.508 e. The average Bonchev–Trinajstić information content (AvgIpc) is 2.80. The molecule has 0 aliphatic carbocycles. The summed E-state index contributed by atoms with van der Waals surface area (Å²) in [6.07, 6.45) is 1.27. The summed E-state index contributed by atoms with van der Waals surface area (Å²) in [6, 6.07) is 18.6. The largest absolute Gasteiger partial charge is 0.508 e. The number of rotatable bonds is 6. The number of aryl methyl sites for hydroxylation is 1. The van der Waals surface area contributed by atoms with Crippen LogP contribution in [0.4, 0.5) is 0 Å². The van der Waals surface area contributed by atoms with Crippen LogP contribution in [0.5, 0.6) is 11.5 Å². The number of phenols is 2. The molecule has 166 valence electrons. The minimum absolute atomic E-state index is 0.0322. The summed E-state index contributed by atoms with van der Waals surface area (Å²) in [6.45, 7) is 1.91. The Morgan fingerprint density at radius 3 is 2.67 bits per heavy atom. The average molecular weight is 461 g/mol. The quantitative estimate of drug-likeness (QED) is 0.176. The van der Waals surface area contributed by atoms with Gasteiger partial charge in [-0.25, -0.2) is 10.4 Å². The standard InChI is InChI=1S/C24H20N4O4S/c1-15-6-2-5-9-20(15)28-23(32)18-7-3-4-8-19(18)26-24(28)33-14-22(31)27-25-13-16-10-11-17(29)12-21(16)30/h2-13,29-30H,14H2,1H3,(H,27,31)/b25-13+. The predicted molar refractivity (Wildman–Crippen MR) is 128 cm³/mol. The number of amides is 1. The van der Waals surface area contributed by atoms with E-state index in [0.29, 0.717) is 27.3 Å². The van der Waals surface area contributed by atoms with Crippen LogP contribution in [0.25, 0.3) is 16.6 Å². The molecule has 8 nitrogen and oxygen atoms in total. The van der Waals surface area contributed by atoms with E-state index >= 15 is 0 Å². The van der Waals surface area contributed by atoms with Crippen molar-refractivity contribution in [2.45, 2.75) is 12.1 Å². The topological polar surface area (TPSA) is 117 Å². The van der Waals surface area contributed by atoms with E-state index in [1.54, 1.807) is 18.2 Å². The van der Waals surface area contributed by atoms with Crippen LogP contribution in [-0.4, -0.2) is 37.6 Å². The van der Waals surface area contributed by atoms with Crippen LogP contribution in [0.1, 0.15) is 11.1 Å². The number of nitrogens with zero attached hydrogens (tertiary/aromatic N) is 3. The maximum Gasteiger partial charge on any atom is 0.266 e. The van der Waals surface area contributed by atoms with E-state index in [-0.39, 0.29) is 22.8 Å². The van der Waals surface area contributed by atoms with Crippen molar-refractivity contribution in [1.29, 1.82) is 0 Å². The maximum absolute atomic E-state index is 13.3. The summed E-state index contributed by atoms with van der Waals surface area (Å²) >= 11 is 1.12. The fourth-order valence-electron chi connectivity index (χ4n) is 3.21. The fraction of sp³-hybridized carbons (Fsp3) is 0.0833. The van der Waals surface area contributed by atoms with E-state index in [4.69, 9.17) is 0 Å². The molecule has 9 heteroatoms. The van der Waals surface area contributed by atoms with Gasteiger partial charge in [-0.05, 0) is 42.8 Å². The third-order valence-electron chi connectivity index (χ3n) is 4.84. The SMILES string of the molecule is Cc1ccccc1-n1c(SCC(=O)N/N=C/c2ccc(O)cc2O)nc2ccccc2c1=O. The van der Waals surface area contributed by atoms with Crippen LogP contribution in [0.15, 0.2) is 81.8 Å². The molecule has 4 aromatic rings. The summed E-state index contributed by atoms with van der Waals surface area (Å²) in [5, 5.41) is 23.8. The Hall–Kier alpha value is -4.11. The minimum atomic E-state index is -0.409. The van der Waals surface area contributed by atoms with Crippen LogP contribution in [0, 0.1) is 6.92 Å². The molecule has 0 unspecified atom stereocenters. The first-order chi connectivity index (χ1) is 15.9. The van der Waals surface area contributed by atoms with Gasteiger partial charge in [0.15, 0.2) is 5.16 Å². The van der Waals surface area contributed by atoms with Gasteiger partial charge in [0.2, 0.25) is 0 Å². The Labute approximate surface area is 193 Å². The highest BCUT2D eigenvalue weighted by Crippen LogP contribution is 2.23. The van der Waals surface area contributed by atoms with Gasteiger partial charge in [0.1, 0.15) is 11.5 Å². The van der Waals surface area contributed by atoms with Crippen LogP contribution < -0.4 is 11.0 Å². The van der Waals surface area contributed by atoms with Gasteiger partial charge in [-0.1, -0.05) is 42.1 Å². The lowest BCUT2D eigenvalue weighted by molar-refractivity contribution is -0.118. The Kier molecular flexibility index (Phi) is 6.41. The second-order valence-corrected chi connectivity index (χ2v) is 8.11. The number of phenolic OH excluding ortho intramolecular Hbond substituents is 2. The molecule has 0 fully saturated rings. The zero-order valence-corrected chi connectivity index (χ0v) is 18.4. The van der Waals surface area contributed by atoms with Gasteiger partial charge in [0, 0.05) is 11.6 Å². The molecular weight excluding hydrogens is 440 g/mol. The van der Waals surface area contributed by atoms with Crippen LogP contribution in [0.3, 0.4) is 0 Å². The molecule has 3 N–H and O–H groups in total. The van der Waals surface area contributed by atoms with E-state index < -0.39 is 5.91 Å². The number of benzene rings is 3. The van der Waals surface area contributed by atoms with Crippen molar-refractivity contribution in [3.8, 4) is 17.2 Å². The molecule has 4 rings (SSSR count). The first-order valence-corrected chi connectivity index (χ1v) is 11.0. The highest BCUT2D eigenvalue weighted by molar-refractivity contribution is 7.99. The summed E-state index contributed by atoms with van der Waals surface area (Å²) in [7, 11) is 0. The smallest absolute Gasteiger partial charge is 0.266 e. The molecule has 1 aromatic heterocycles. The monoisotopic (exact) mass is 460 g/mol. The van der Waals surface area contributed by atoms with Crippen molar-refractivity contribution in [1.82, 2.24) is 15.0 Å². The number of para-hydroxylation sites is 2. The zero-order chi connectivity index (χ0) is 23.4.